The van der Waals surface area contributed by atoms with E-state index in [1.165, 1.54) is 32.1 Å². The molecule has 1 aliphatic carbocycles. The minimum atomic E-state index is 0.166. The number of aromatic amines is 1. The van der Waals surface area contributed by atoms with Crippen LogP contribution < -0.4 is 11.1 Å². The van der Waals surface area contributed by atoms with Crippen molar-refractivity contribution in [1.82, 2.24) is 15.5 Å². The van der Waals surface area contributed by atoms with E-state index in [1.807, 2.05) is 0 Å². The Morgan fingerprint density at radius 3 is 2.80 bits per heavy atom. The Bertz CT molecular complexity index is 421. The zero-order chi connectivity index (χ0) is 14.4. The molecule has 2 rings (SSSR count). The van der Waals surface area contributed by atoms with Gasteiger partial charge in [-0.15, -0.1) is 0 Å². The molecule has 5 heteroatoms. The molecule has 0 bridgehead atoms. The van der Waals surface area contributed by atoms with Crippen LogP contribution in [0.25, 0.3) is 0 Å². The number of hydrogen-bond acceptors (Lipinski definition) is 3. The average molecular weight is 278 g/mol. The quantitative estimate of drug-likeness (QED) is 0.748. The number of nitrogens with zero attached hydrogens (tertiary/aromatic N) is 1. The number of rotatable bonds is 6. The zero-order valence-corrected chi connectivity index (χ0v) is 12.3. The van der Waals surface area contributed by atoms with E-state index < -0.39 is 0 Å². The third-order valence-corrected chi connectivity index (χ3v) is 4.39. The summed E-state index contributed by atoms with van der Waals surface area (Å²) in [5.74, 6) is 1.72. The molecular weight excluding hydrogens is 252 g/mol. The van der Waals surface area contributed by atoms with Crippen molar-refractivity contribution in [3.63, 3.8) is 0 Å². The van der Waals surface area contributed by atoms with Crippen LogP contribution >= 0.6 is 0 Å². The first kappa shape index (κ1) is 14.9. The Morgan fingerprint density at radius 1 is 1.45 bits per heavy atom. The maximum absolute atomic E-state index is 12.1. The summed E-state index contributed by atoms with van der Waals surface area (Å²) in [6, 6.07) is 0. The minimum Gasteiger partial charge on any atom is -0.384 e. The van der Waals surface area contributed by atoms with E-state index in [0.29, 0.717) is 12.4 Å². The molecule has 1 saturated carbocycles. The number of amides is 1. The number of carbonyl (C=O) groups is 1. The summed E-state index contributed by atoms with van der Waals surface area (Å²) in [7, 11) is 0. The Labute approximate surface area is 120 Å². The van der Waals surface area contributed by atoms with Crippen LogP contribution in [0.3, 0.4) is 0 Å². The standard InChI is InChI=1S/C15H26N4O/c1-2-3-4-11-5-7-12(8-6-11)15(20)17-9-13-10-18-19-14(13)16/h10-12H,2-9H2,1H3,(H,17,20)(H3,16,18,19). The zero-order valence-electron chi connectivity index (χ0n) is 12.3. The highest BCUT2D eigenvalue weighted by molar-refractivity contribution is 5.78. The molecular formula is C15H26N4O. The highest BCUT2D eigenvalue weighted by Crippen LogP contribution is 2.32. The first-order valence-electron chi connectivity index (χ1n) is 7.76. The molecule has 1 heterocycles. The summed E-state index contributed by atoms with van der Waals surface area (Å²) in [5.41, 5.74) is 6.56. The summed E-state index contributed by atoms with van der Waals surface area (Å²) in [5, 5.41) is 9.50. The Morgan fingerprint density at radius 2 is 2.20 bits per heavy atom. The van der Waals surface area contributed by atoms with E-state index in [4.69, 9.17) is 5.73 Å². The van der Waals surface area contributed by atoms with Gasteiger partial charge in [0.25, 0.3) is 0 Å². The van der Waals surface area contributed by atoms with E-state index in [9.17, 15) is 4.79 Å². The monoisotopic (exact) mass is 278 g/mol. The molecule has 1 aromatic heterocycles. The van der Waals surface area contributed by atoms with Crippen molar-refractivity contribution in [3.05, 3.63) is 11.8 Å². The summed E-state index contributed by atoms with van der Waals surface area (Å²) in [6.07, 6.45) is 10.0. The number of anilines is 1. The molecule has 4 N–H and O–H groups in total. The van der Waals surface area contributed by atoms with Gasteiger partial charge in [0.15, 0.2) is 0 Å². The van der Waals surface area contributed by atoms with Gasteiger partial charge in [-0.3, -0.25) is 9.89 Å². The molecule has 5 nitrogen and oxygen atoms in total. The van der Waals surface area contributed by atoms with Crippen LogP contribution in [0, 0.1) is 11.8 Å². The maximum Gasteiger partial charge on any atom is 0.223 e. The second-order valence-corrected chi connectivity index (χ2v) is 5.89. The second kappa shape index (κ2) is 7.31. The van der Waals surface area contributed by atoms with E-state index in [-0.39, 0.29) is 11.8 Å². The number of carbonyl (C=O) groups excluding carboxylic acids is 1. The summed E-state index contributed by atoms with van der Waals surface area (Å²) in [6.45, 7) is 2.71. The van der Waals surface area contributed by atoms with Crippen molar-refractivity contribution in [2.75, 3.05) is 5.73 Å². The summed E-state index contributed by atoms with van der Waals surface area (Å²) < 4.78 is 0. The molecule has 0 saturated heterocycles. The van der Waals surface area contributed by atoms with E-state index in [1.54, 1.807) is 6.20 Å². The molecule has 1 amide bonds. The van der Waals surface area contributed by atoms with Gasteiger partial charge in [0.2, 0.25) is 5.91 Å². The molecule has 20 heavy (non-hydrogen) atoms. The average Bonchev–Trinajstić information content (AvgIpc) is 2.88. The van der Waals surface area contributed by atoms with Crippen LogP contribution in [0.1, 0.15) is 57.4 Å². The predicted molar refractivity (Wildman–Crippen MR) is 79.8 cm³/mol. The van der Waals surface area contributed by atoms with Crippen LogP contribution in [0.15, 0.2) is 6.20 Å². The lowest BCUT2D eigenvalue weighted by atomic mass is 9.79. The fraction of sp³-hybridized carbons (Fsp3) is 0.733. The highest BCUT2D eigenvalue weighted by Gasteiger charge is 2.25. The molecule has 1 aromatic rings. The minimum absolute atomic E-state index is 0.166. The molecule has 0 aromatic carbocycles. The third kappa shape index (κ3) is 3.99. The third-order valence-electron chi connectivity index (χ3n) is 4.39. The Hall–Kier alpha value is -1.52. The van der Waals surface area contributed by atoms with Gasteiger partial charge in [-0.25, -0.2) is 0 Å². The normalized spacial score (nSPS) is 22.6. The summed E-state index contributed by atoms with van der Waals surface area (Å²) >= 11 is 0. The van der Waals surface area contributed by atoms with Gasteiger partial charge >= 0.3 is 0 Å². The molecule has 0 aliphatic heterocycles. The van der Waals surface area contributed by atoms with Gasteiger partial charge in [-0.2, -0.15) is 5.10 Å². The highest BCUT2D eigenvalue weighted by atomic mass is 16.1. The topological polar surface area (TPSA) is 83.8 Å². The lowest BCUT2D eigenvalue weighted by molar-refractivity contribution is -0.126. The van der Waals surface area contributed by atoms with Gasteiger partial charge in [0.1, 0.15) is 5.82 Å². The lowest BCUT2D eigenvalue weighted by Crippen LogP contribution is -2.32. The predicted octanol–water partition coefficient (Wildman–Crippen LogP) is 2.60. The first-order valence-corrected chi connectivity index (χ1v) is 7.76. The smallest absolute Gasteiger partial charge is 0.223 e. The van der Waals surface area contributed by atoms with Gasteiger partial charge in [-0.05, 0) is 31.6 Å². The molecule has 1 fully saturated rings. The van der Waals surface area contributed by atoms with Crippen molar-refractivity contribution >= 4 is 11.7 Å². The number of aromatic nitrogens is 2. The van der Waals surface area contributed by atoms with E-state index >= 15 is 0 Å². The van der Waals surface area contributed by atoms with Crippen LogP contribution in [-0.4, -0.2) is 16.1 Å². The van der Waals surface area contributed by atoms with Gasteiger partial charge in [-0.1, -0.05) is 26.2 Å². The fourth-order valence-electron chi connectivity index (χ4n) is 2.99. The molecule has 1 aliphatic rings. The van der Waals surface area contributed by atoms with Gasteiger partial charge in [0.05, 0.1) is 6.20 Å². The molecule has 112 valence electrons. The van der Waals surface area contributed by atoms with Crippen molar-refractivity contribution < 1.29 is 4.79 Å². The van der Waals surface area contributed by atoms with Crippen molar-refractivity contribution in [3.8, 4) is 0 Å². The van der Waals surface area contributed by atoms with Crippen LogP contribution in [0.2, 0.25) is 0 Å². The van der Waals surface area contributed by atoms with Crippen molar-refractivity contribution in [2.24, 2.45) is 11.8 Å². The largest absolute Gasteiger partial charge is 0.384 e. The fourth-order valence-corrected chi connectivity index (χ4v) is 2.99. The van der Waals surface area contributed by atoms with Gasteiger partial charge in [0, 0.05) is 18.0 Å². The number of nitrogens with one attached hydrogen (secondary N) is 2. The maximum atomic E-state index is 12.1. The lowest BCUT2D eigenvalue weighted by Gasteiger charge is -2.27. The van der Waals surface area contributed by atoms with Crippen molar-refractivity contribution in [2.45, 2.75) is 58.4 Å². The van der Waals surface area contributed by atoms with Crippen LogP contribution in [0.4, 0.5) is 5.82 Å². The van der Waals surface area contributed by atoms with Crippen LogP contribution in [0.5, 0.6) is 0 Å². The SMILES string of the molecule is CCCCC1CCC(C(=O)NCc2cn[nH]c2N)CC1. The molecule has 0 unspecified atom stereocenters. The Kier molecular flexibility index (Phi) is 5.44. The van der Waals surface area contributed by atoms with Crippen LogP contribution in [-0.2, 0) is 11.3 Å². The summed E-state index contributed by atoms with van der Waals surface area (Å²) in [4.78, 5) is 12.1. The second-order valence-electron chi connectivity index (χ2n) is 5.89. The Balaban J connectivity index is 1.71. The van der Waals surface area contributed by atoms with Crippen molar-refractivity contribution in [1.29, 1.82) is 0 Å². The molecule has 0 spiro atoms. The number of nitrogen functional groups attached to an aromatic ring is 1. The molecule has 0 radical (unpaired) electrons. The number of hydrogen-bond donors (Lipinski definition) is 3. The number of nitrogens with two attached hydrogens (primary N) is 1. The van der Waals surface area contributed by atoms with Gasteiger partial charge < -0.3 is 11.1 Å². The number of unbranched alkanes of at least 4 members (excludes halogenated alkanes) is 1. The van der Waals surface area contributed by atoms with E-state index in [2.05, 4.69) is 22.4 Å². The molecule has 0 atom stereocenters. The first-order chi connectivity index (χ1) is 9.70. The van der Waals surface area contributed by atoms with E-state index in [0.717, 1.165) is 24.3 Å². The number of H-pyrrole nitrogens is 1.